The van der Waals surface area contributed by atoms with Crippen molar-refractivity contribution in [2.75, 3.05) is 6.54 Å². The first-order valence-corrected chi connectivity index (χ1v) is 16.4. The third kappa shape index (κ3) is 8.56. The molecule has 0 radical (unpaired) electrons. The zero-order chi connectivity index (χ0) is 34.8. The summed E-state index contributed by atoms with van der Waals surface area (Å²) in [5.74, 6) is 4.97. The number of hydrazone groups is 1. The molecular weight excluding hydrogens is 619 g/mol. The van der Waals surface area contributed by atoms with Crippen LogP contribution in [-0.4, -0.2) is 40.5 Å². The highest BCUT2D eigenvalue weighted by atomic mass is 19.4. The van der Waals surface area contributed by atoms with Gasteiger partial charge in [-0.15, -0.1) is 0 Å². The van der Waals surface area contributed by atoms with E-state index in [1.807, 2.05) is 17.0 Å². The summed E-state index contributed by atoms with van der Waals surface area (Å²) in [6.07, 6.45) is 0.799. The standard InChI is InChI=1S/C36H49F3N6O2.H3N/c1-7-34(5,6)26-15-19-35(20-16-26)43-30(25-9-8-10-27(21-25)36(37,38)39)32(47)45(35)28(17-18-33(2,3)4)23-11-13-24(14-12-23)31(46)42-22-29(40)44-41;/h8-14,21,26,28H,7,15-20,22,41H2,1-6H3,(H2,40,44)(H,42,46);1H3/t26?,28-,35?;/m1./s1. The van der Waals surface area contributed by atoms with E-state index in [1.165, 1.54) is 12.1 Å². The molecule has 0 aromatic heterocycles. The summed E-state index contributed by atoms with van der Waals surface area (Å²) < 4.78 is 41.2. The molecule has 2 aromatic rings. The molecule has 264 valence electrons. The van der Waals surface area contributed by atoms with E-state index in [0.29, 0.717) is 30.7 Å². The van der Waals surface area contributed by atoms with Gasteiger partial charge in [-0.05, 0) is 85.1 Å². The number of hydrogen-bond acceptors (Lipinski definition) is 6. The normalized spacial score (nSPS) is 21.1. The maximum atomic E-state index is 14.6. The topological polar surface area (TPSA) is 161 Å². The number of nitrogens with one attached hydrogen (secondary N) is 1. The van der Waals surface area contributed by atoms with Crippen LogP contribution in [-0.2, 0) is 11.0 Å². The number of aliphatic imine (C=N–C) groups is 1. The smallest absolute Gasteiger partial charge is 0.384 e. The monoisotopic (exact) mass is 671 g/mol. The van der Waals surface area contributed by atoms with Crippen molar-refractivity contribution in [2.45, 2.75) is 104 Å². The Bertz CT molecular complexity index is 1500. The van der Waals surface area contributed by atoms with Crippen LogP contribution in [0.15, 0.2) is 58.6 Å². The lowest BCUT2D eigenvalue weighted by molar-refractivity contribution is -0.138. The molecule has 1 aliphatic heterocycles. The molecule has 1 fully saturated rings. The fraction of sp³-hybridized carbons (Fsp3) is 0.556. The van der Waals surface area contributed by atoms with Crippen molar-refractivity contribution in [3.63, 3.8) is 0 Å². The fourth-order valence-electron chi connectivity index (χ4n) is 6.77. The first-order chi connectivity index (χ1) is 21.9. The van der Waals surface area contributed by atoms with E-state index in [0.717, 1.165) is 43.4 Å². The summed E-state index contributed by atoms with van der Waals surface area (Å²) in [6, 6.07) is 11.6. The van der Waals surface area contributed by atoms with E-state index in [2.05, 4.69) is 52.0 Å². The van der Waals surface area contributed by atoms with Crippen LogP contribution in [0.4, 0.5) is 13.2 Å². The van der Waals surface area contributed by atoms with Gasteiger partial charge in [-0.25, -0.2) is 0 Å². The molecule has 1 aliphatic carbocycles. The lowest BCUT2D eigenvalue weighted by atomic mass is 9.67. The van der Waals surface area contributed by atoms with Crippen molar-refractivity contribution in [1.82, 2.24) is 16.4 Å². The molecule has 48 heavy (non-hydrogen) atoms. The van der Waals surface area contributed by atoms with Gasteiger partial charge in [0.2, 0.25) is 0 Å². The van der Waals surface area contributed by atoms with Crippen LogP contribution in [0.2, 0.25) is 0 Å². The van der Waals surface area contributed by atoms with Crippen molar-refractivity contribution in [3.05, 3.63) is 70.8 Å². The van der Waals surface area contributed by atoms with Gasteiger partial charge in [0.1, 0.15) is 17.2 Å². The van der Waals surface area contributed by atoms with Crippen molar-refractivity contribution in [3.8, 4) is 0 Å². The summed E-state index contributed by atoms with van der Waals surface area (Å²) in [5, 5.41) is 6.04. The Labute approximate surface area is 282 Å². The molecule has 0 bridgehead atoms. The summed E-state index contributed by atoms with van der Waals surface area (Å²) >= 11 is 0. The summed E-state index contributed by atoms with van der Waals surface area (Å²) in [5.41, 5.74) is 5.45. The van der Waals surface area contributed by atoms with Crippen LogP contribution in [0.1, 0.15) is 120 Å². The largest absolute Gasteiger partial charge is 0.416 e. The molecule has 2 amide bonds. The van der Waals surface area contributed by atoms with Crippen molar-refractivity contribution in [2.24, 2.45) is 38.4 Å². The number of halogens is 3. The average Bonchev–Trinajstić information content (AvgIpc) is 3.30. The molecule has 2 aliphatic rings. The molecule has 12 heteroatoms. The molecule has 0 unspecified atom stereocenters. The summed E-state index contributed by atoms with van der Waals surface area (Å²) in [4.78, 5) is 34.3. The van der Waals surface area contributed by atoms with E-state index in [4.69, 9.17) is 16.6 Å². The molecule has 1 heterocycles. The molecule has 1 spiro atoms. The van der Waals surface area contributed by atoms with E-state index in [-0.39, 0.29) is 52.5 Å². The second-order valence-corrected chi connectivity index (χ2v) is 14.9. The summed E-state index contributed by atoms with van der Waals surface area (Å²) in [6.45, 7) is 13.1. The van der Waals surface area contributed by atoms with Gasteiger partial charge in [0.15, 0.2) is 0 Å². The number of alkyl halides is 3. The highest BCUT2D eigenvalue weighted by molar-refractivity contribution is 6.46. The van der Waals surface area contributed by atoms with Crippen LogP contribution >= 0.6 is 0 Å². The van der Waals surface area contributed by atoms with E-state index >= 15 is 0 Å². The first-order valence-electron chi connectivity index (χ1n) is 16.4. The highest BCUT2D eigenvalue weighted by Crippen LogP contribution is 2.51. The van der Waals surface area contributed by atoms with Gasteiger partial charge in [-0.1, -0.05) is 72.2 Å². The zero-order valence-electron chi connectivity index (χ0n) is 29.1. The molecule has 1 atom stereocenters. The van der Waals surface area contributed by atoms with E-state index in [9.17, 15) is 22.8 Å². The van der Waals surface area contributed by atoms with Gasteiger partial charge in [0.25, 0.3) is 11.8 Å². The van der Waals surface area contributed by atoms with Gasteiger partial charge in [-0.3, -0.25) is 14.6 Å². The van der Waals surface area contributed by atoms with Crippen LogP contribution < -0.4 is 23.0 Å². The number of carbonyl (C=O) groups is 2. The third-order valence-corrected chi connectivity index (χ3v) is 10.1. The lowest BCUT2D eigenvalue weighted by Gasteiger charge is -2.48. The van der Waals surface area contributed by atoms with Crippen LogP contribution in [0.25, 0.3) is 0 Å². The second-order valence-electron chi connectivity index (χ2n) is 14.9. The first kappa shape index (κ1) is 38.5. The minimum absolute atomic E-state index is 0. The van der Waals surface area contributed by atoms with Crippen LogP contribution in [0, 0.1) is 16.7 Å². The number of carbonyl (C=O) groups excluding carboxylic acids is 2. The number of nitrogens with two attached hydrogens (primary N) is 2. The quantitative estimate of drug-likeness (QED) is 0.0898. The van der Waals surface area contributed by atoms with Crippen molar-refractivity contribution >= 4 is 23.4 Å². The Morgan fingerprint density at radius 3 is 2.25 bits per heavy atom. The predicted octanol–water partition coefficient (Wildman–Crippen LogP) is 7.35. The third-order valence-electron chi connectivity index (χ3n) is 10.1. The predicted molar refractivity (Wildman–Crippen MR) is 185 cm³/mol. The maximum Gasteiger partial charge on any atom is 0.416 e. The fourth-order valence-corrected chi connectivity index (χ4v) is 6.77. The SMILES string of the molecule is CCC(C)(C)C1CCC2(CC1)N=C(c1cccc(C(F)(F)F)c1)C(=O)N2[C@H](CCC(C)(C)C)c1ccc(C(=O)NCC(N)=NN)cc1.N. The van der Waals surface area contributed by atoms with Crippen LogP contribution in [0.3, 0.4) is 0 Å². The number of rotatable bonds is 10. The molecule has 9 nitrogen and oxygen atoms in total. The molecular formula is C36H52F3N7O2. The van der Waals surface area contributed by atoms with Gasteiger partial charge >= 0.3 is 6.18 Å². The lowest BCUT2D eigenvalue weighted by Crippen LogP contribution is -2.51. The maximum absolute atomic E-state index is 14.6. The van der Waals surface area contributed by atoms with E-state index < -0.39 is 23.4 Å². The van der Waals surface area contributed by atoms with Gasteiger partial charge in [-0.2, -0.15) is 18.3 Å². The molecule has 0 saturated heterocycles. The Kier molecular flexibility index (Phi) is 11.8. The number of nitrogens with zero attached hydrogens (tertiary/aromatic N) is 3. The van der Waals surface area contributed by atoms with Crippen LogP contribution in [0.5, 0.6) is 0 Å². The van der Waals surface area contributed by atoms with Crippen molar-refractivity contribution in [1.29, 1.82) is 0 Å². The second kappa shape index (κ2) is 14.7. The van der Waals surface area contributed by atoms with Gasteiger partial charge in [0.05, 0.1) is 18.2 Å². The number of hydrogen-bond donors (Lipinski definition) is 4. The minimum atomic E-state index is -4.55. The Morgan fingerprint density at radius 1 is 1.08 bits per heavy atom. The van der Waals surface area contributed by atoms with Crippen molar-refractivity contribution < 1.29 is 22.8 Å². The zero-order valence-corrected chi connectivity index (χ0v) is 29.1. The molecule has 4 rings (SSSR count). The Balaban J connectivity index is 0.00000625. The van der Waals surface area contributed by atoms with Gasteiger partial charge in [0, 0.05) is 11.1 Å². The highest BCUT2D eigenvalue weighted by Gasteiger charge is 2.53. The molecule has 1 saturated carbocycles. The minimum Gasteiger partial charge on any atom is -0.384 e. The Morgan fingerprint density at radius 2 is 1.71 bits per heavy atom. The molecule has 2 aromatic carbocycles. The van der Waals surface area contributed by atoms with E-state index in [1.54, 1.807) is 12.1 Å². The number of amides is 2. The van der Waals surface area contributed by atoms with Gasteiger partial charge < -0.3 is 27.9 Å². The summed E-state index contributed by atoms with van der Waals surface area (Å²) in [7, 11) is 0. The molecule has 8 N–H and O–H groups in total. The Hall–Kier alpha value is -3.93. The number of benzene rings is 2. The number of amidine groups is 1. The average molecular weight is 672 g/mol.